The second-order valence-corrected chi connectivity index (χ2v) is 6.08. The third-order valence-electron chi connectivity index (χ3n) is 3.97. The van der Waals surface area contributed by atoms with Crippen LogP contribution in [-0.2, 0) is 0 Å². The number of hydrogen-bond acceptors (Lipinski definition) is 3. The molecule has 0 aliphatic rings. The highest BCUT2D eigenvalue weighted by molar-refractivity contribution is 5.93. The lowest BCUT2D eigenvalue weighted by Gasteiger charge is -2.22. The molecule has 2 aromatic carbocycles. The maximum atomic E-state index is 12.6. The van der Waals surface area contributed by atoms with Crippen molar-refractivity contribution in [2.24, 2.45) is 5.92 Å². The van der Waals surface area contributed by atoms with Gasteiger partial charge in [0.15, 0.2) is 11.2 Å². The summed E-state index contributed by atoms with van der Waals surface area (Å²) in [6, 6.07) is 17.8. The number of benzene rings is 2. The molecule has 0 bridgehead atoms. The van der Waals surface area contributed by atoms with Crippen molar-refractivity contribution in [1.29, 1.82) is 0 Å². The summed E-state index contributed by atoms with van der Waals surface area (Å²) in [5, 5.41) is 3.44. The van der Waals surface area contributed by atoms with Crippen LogP contribution >= 0.6 is 0 Å². The first kappa shape index (κ1) is 16.0. The van der Waals surface area contributed by atoms with E-state index in [2.05, 4.69) is 5.32 Å². The van der Waals surface area contributed by atoms with Gasteiger partial charge >= 0.3 is 0 Å². The molecule has 4 nitrogen and oxygen atoms in total. The van der Waals surface area contributed by atoms with Gasteiger partial charge in [-0.2, -0.15) is 0 Å². The van der Waals surface area contributed by atoms with Crippen LogP contribution in [0.25, 0.3) is 11.0 Å². The highest BCUT2D eigenvalue weighted by Crippen LogP contribution is 2.22. The molecule has 4 heteroatoms. The van der Waals surface area contributed by atoms with Crippen LogP contribution in [-0.4, -0.2) is 5.91 Å². The molecular formula is C20H19NO3. The molecule has 1 N–H and O–H groups in total. The molecule has 1 amide bonds. The Morgan fingerprint density at radius 2 is 1.67 bits per heavy atom. The Balaban J connectivity index is 1.92. The van der Waals surface area contributed by atoms with Crippen molar-refractivity contribution >= 4 is 16.9 Å². The van der Waals surface area contributed by atoms with E-state index in [0.717, 1.165) is 5.56 Å². The molecule has 0 saturated carbocycles. The SMILES string of the molecule is CC(C)C(NC(=O)c1cc(=O)c2ccccc2o1)c1ccccc1. The first-order valence-corrected chi connectivity index (χ1v) is 7.95. The van der Waals surface area contributed by atoms with Crippen LogP contribution in [0.5, 0.6) is 0 Å². The fourth-order valence-electron chi connectivity index (χ4n) is 2.72. The summed E-state index contributed by atoms with van der Waals surface area (Å²) in [5.41, 5.74) is 1.21. The molecule has 3 rings (SSSR count). The molecule has 0 radical (unpaired) electrons. The zero-order chi connectivity index (χ0) is 17.1. The minimum atomic E-state index is -0.389. The van der Waals surface area contributed by atoms with E-state index < -0.39 is 0 Å². The van der Waals surface area contributed by atoms with Crippen molar-refractivity contribution < 1.29 is 9.21 Å². The van der Waals surface area contributed by atoms with Crippen LogP contribution in [0, 0.1) is 5.92 Å². The molecule has 0 aliphatic heterocycles. The van der Waals surface area contributed by atoms with Gasteiger partial charge in [-0.1, -0.05) is 56.3 Å². The van der Waals surface area contributed by atoms with E-state index in [1.165, 1.54) is 6.07 Å². The standard InChI is InChI=1S/C20H19NO3/c1-13(2)19(14-8-4-3-5-9-14)21-20(23)18-12-16(22)15-10-6-7-11-17(15)24-18/h3-13,19H,1-2H3,(H,21,23). The summed E-state index contributed by atoms with van der Waals surface area (Å²) in [6.45, 7) is 4.07. The highest BCUT2D eigenvalue weighted by atomic mass is 16.3. The van der Waals surface area contributed by atoms with Gasteiger partial charge in [0, 0.05) is 6.07 Å². The summed E-state index contributed by atoms with van der Waals surface area (Å²) in [6.07, 6.45) is 0. The number of carbonyl (C=O) groups excluding carboxylic acids is 1. The Morgan fingerprint density at radius 1 is 1.00 bits per heavy atom. The monoisotopic (exact) mass is 321 g/mol. The Kier molecular flexibility index (Phi) is 4.47. The number of carbonyl (C=O) groups is 1. The summed E-state index contributed by atoms with van der Waals surface area (Å²) in [5.74, 6) is -0.163. The number of rotatable bonds is 4. The third-order valence-corrected chi connectivity index (χ3v) is 3.97. The second-order valence-electron chi connectivity index (χ2n) is 6.08. The fourth-order valence-corrected chi connectivity index (χ4v) is 2.72. The predicted octanol–water partition coefficient (Wildman–Crippen LogP) is 3.92. The molecule has 1 aromatic heterocycles. The van der Waals surface area contributed by atoms with Gasteiger partial charge in [-0.3, -0.25) is 9.59 Å². The van der Waals surface area contributed by atoms with Crippen LogP contribution in [0.15, 0.2) is 69.9 Å². The third kappa shape index (κ3) is 3.23. The normalized spacial score (nSPS) is 12.3. The molecule has 1 atom stereocenters. The van der Waals surface area contributed by atoms with Gasteiger partial charge in [-0.15, -0.1) is 0 Å². The van der Waals surface area contributed by atoms with Crippen molar-refractivity contribution in [3.05, 3.63) is 82.2 Å². The van der Waals surface area contributed by atoms with E-state index in [0.29, 0.717) is 11.0 Å². The molecule has 0 fully saturated rings. The average molecular weight is 321 g/mol. The van der Waals surface area contributed by atoms with Gasteiger partial charge in [0.1, 0.15) is 5.58 Å². The van der Waals surface area contributed by atoms with Crippen molar-refractivity contribution in [3.8, 4) is 0 Å². The Morgan fingerprint density at radius 3 is 2.38 bits per heavy atom. The number of para-hydroxylation sites is 1. The van der Waals surface area contributed by atoms with E-state index in [1.54, 1.807) is 24.3 Å². The molecular weight excluding hydrogens is 302 g/mol. The summed E-state index contributed by atoms with van der Waals surface area (Å²) in [4.78, 5) is 24.7. The van der Waals surface area contributed by atoms with Gasteiger partial charge in [0.05, 0.1) is 11.4 Å². The van der Waals surface area contributed by atoms with E-state index in [1.807, 2.05) is 44.2 Å². The topological polar surface area (TPSA) is 59.3 Å². The maximum Gasteiger partial charge on any atom is 0.287 e. The van der Waals surface area contributed by atoms with Crippen molar-refractivity contribution in [3.63, 3.8) is 0 Å². The Hall–Kier alpha value is -2.88. The first-order chi connectivity index (χ1) is 11.6. The molecule has 0 aliphatic carbocycles. The van der Waals surface area contributed by atoms with E-state index >= 15 is 0 Å². The molecule has 24 heavy (non-hydrogen) atoms. The van der Waals surface area contributed by atoms with Gasteiger partial charge in [-0.25, -0.2) is 0 Å². The van der Waals surface area contributed by atoms with Gasteiger partial charge in [-0.05, 0) is 23.6 Å². The molecule has 0 saturated heterocycles. The van der Waals surface area contributed by atoms with Crippen LogP contribution < -0.4 is 10.7 Å². The highest BCUT2D eigenvalue weighted by Gasteiger charge is 2.21. The van der Waals surface area contributed by atoms with Gasteiger partial charge < -0.3 is 9.73 Å². The zero-order valence-electron chi connectivity index (χ0n) is 13.7. The number of nitrogens with one attached hydrogen (secondary N) is 1. The lowest BCUT2D eigenvalue weighted by Crippen LogP contribution is -2.32. The van der Waals surface area contributed by atoms with Gasteiger partial charge in [0.2, 0.25) is 0 Å². The largest absolute Gasteiger partial charge is 0.451 e. The molecule has 122 valence electrons. The molecule has 1 unspecified atom stereocenters. The lowest BCUT2D eigenvalue weighted by atomic mass is 9.96. The lowest BCUT2D eigenvalue weighted by molar-refractivity contribution is 0.0898. The fraction of sp³-hybridized carbons (Fsp3) is 0.200. The van der Waals surface area contributed by atoms with Crippen LogP contribution in [0.2, 0.25) is 0 Å². The maximum absolute atomic E-state index is 12.6. The van der Waals surface area contributed by atoms with Gasteiger partial charge in [0.25, 0.3) is 5.91 Å². The number of amides is 1. The minimum absolute atomic E-state index is 0.0280. The smallest absolute Gasteiger partial charge is 0.287 e. The minimum Gasteiger partial charge on any atom is -0.451 e. The summed E-state index contributed by atoms with van der Waals surface area (Å²) < 4.78 is 5.61. The molecule has 1 heterocycles. The van der Waals surface area contributed by atoms with E-state index in [-0.39, 0.29) is 29.1 Å². The summed E-state index contributed by atoms with van der Waals surface area (Å²) in [7, 11) is 0. The quantitative estimate of drug-likeness (QED) is 0.792. The van der Waals surface area contributed by atoms with E-state index in [9.17, 15) is 9.59 Å². The van der Waals surface area contributed by atoms with Crippen LogP contribution in [0.3, 0.4) is 0 Å². The van der Waals surface area contributed by atoms with E-state index in [4.69, 9.17) is 4.42 Å². The van der Waals surface area contributed by atoms with Crippen molar-refractivity contribution in [1.82, 2.24) is 5.32 Å². The first-order valence-electron chi connectivity index (χ1n) is 7.95. The van der Waals surface area contributed by atoms with Crippen LogP contribution in [0.1, 0.15) is 36.0 Å². The van der Waals surface area contributed by atoms with Crippen LogP contribution in [0.4, 0.5) is 0 Å². The number of fused-ring (bicyclic) bond motifs is 1. The Labute approximate surface area is 140 Å². The zero-order valence-corrected chi connectivity index (χ0v) is 13.7. The number of hydrogen-bond donors (Lipinski definition) is 1. The van der Waals surface area contributed by atoms with Crippen molar-refractivity contribution in [2.75, 3.05) is 0 Å². The second kappa shape index (κ2) is 6.71. The average Bonchev–Trinajstić information content (AvgIpc) is 2.60. The molecule has 0 spiro atoms. The Bertz CT molecular complexity index is 913. The molecule has 3 aromatic rings. The van der Waals surface area contributed by atoms with Crippen molar-refractivity contribution in [2.45, 2.75) is 19.9 Å². The predicted molar refractivity (Wildman–Crippen MR) is 94.0 cm³/mol. The summed E-state index contributed by atoms with van der Waals surface area (Å²) >= 11 is 0.